The van der Waals surface area contributed by atoms with Gasteiger partial charge in [-0.1, -0.05) is 42.5 Å². The first-order valence-corrected chi connectivity index (χ1v) is 12.1. The first-order valence-electron chi connectivity index (χ1n) is 12.1. The minimum Gasteiger partial charge on any atom is -0.345 e. The summed E-state index contributed by atoms with van der Waals surface area (Å²) in [6.45, 7) is 1.92. The molecule has 0 fully saturated rings. The Bertz CT molecular complexity index is 1400. The minimum atomic E-state index is -0.370. The topological polar surface area (TPSA) is 76.0 Å². The van der Waals surface area contributed by atoms with Crippen LogP contribution in [0.5, 0.6) is 0 Å². The maximum absolute atomic E-state index is 13.5. The summed E-state index contributed by atoms with van der Waals surface area (Å²) in [5.74, 6) is -0.972. The second-order valence-electron chi connectivity index (χ2n) is 8.97. The lowest BCUT2D eigenvalue weighted by Crippen LogP contribution is -2.28. The SMILES string of the molecule is CC(NC(=O)c1ccccc1NC(=O)c1nn(-c2ccc(F)cc2)c2c1CCCC2)c1ccccc1. The summed E-state index contributed by atoms with van der Waals surface area (Å²) < 4.78 is 15.2. The highest BCUT2D eigenvalue weighted by Gasteiger charge is 2.26. The quantitative estimate of drug-likeness (QED) is 0.374. The van der Waals surface area contributed by atoms with E-state index >= 15 is 0 Å². The predicted molar refractivity (Wildman–Crippen MR) is 137 cm³/mol. The third-order valence-electron chi connectivity index (χ3n) is 6.53. The van der Waals surface area contributed by atoms with Crippen LogP contribution in [0.1, 0.15) is 63.5 Å². The highest BCUT2D eigenvalue weighted by molar-refractivity contribution is 6.09. The summed E-state index contributed by atoms with van der Waals surface area (Å²) in [6.07, 6.45) is 3.52. The number of aromatic nitrogens is 2. The molecule has 36 heavy (non-hydrogen) atoms. The average Bonchev–Trinajstić information content (AvgIpc) is 3.30. The summed E-state index contributed by atoms with van der Waals surface area (Å²) in [6, 6.07) is 22.5. The van der Waals surface area contributed by atoms with E-state index in [-0.39, 0.29) is 23.7 Å². The molecule has 182 valence electrons. The summed E-state index contributed by atoms with van der Waals surface area (Å²) in [4.78, 5) is 26.5. The molecular formula is C29H27FN4O2. The Balaban J connectivity index is 1.41. The average molecular weight is 483 g/mol. The summed E-state index contributed by atoms with van der Waals surface area (Å²) in [5.41, 5.74) is 4.71. The Kier molecular flexibility index (Phi) is 6.62. The normalized spacial score (nSPS) is 13.5. The van der Waals surface area contributed by atoms with Crippen LogP contribution in [-0.4, -0.2) is 21.6 Å². The van der Waals surface area contributed by atoms with Crippen molar-refractivity contribution in [1.82, 2.24) is 15.1 Å². The number of nitrogens with zero attached hydrogens (tertiary/aromatic N) is 2. The van der Waals surface area contributed by atoms with E-state index in [4.69, 9.17) is 0 Å². The molecule has 0 bridgehead atoms. The number of carbonyl (C=O) groups is 2. The molecule has 6 nitrogen and oxygen atoms in total. The van der Waals surface area contributed by atoms with Gasteiger partial charge in [-0.15, -0.1) is 0 Å². The van der Waals surface area contributed by atoms with E-state index < -0.39 is 0 Å². The van der Waals surface area contributed by atoms with Gasteiger partial charge in [0.25, 0.3) is 11.8 Å². The van der Waals surface area contributed by atoms with Crippen molar-refractivity contribution < 1.29 is 14.0 Å². The number of fused-ring (bicyclic) bond motifs is 1. The van der Waals surface area contributed by atoms with E-state index in [1.165, 1.54) is 12.1 Å². The van der Waals surface area contributed by atoms with Gasteiger partial charge in [0.2, 0.25) is 0 Å². The van der Waals surface area contributed by atoms with Gasteiger partial charge in [-0.2, -0.15) is 5.10 Å². The van der Waals surface area contributed by atoms with Gasteiger partial charge in [0.15, 0.2) is 5.69 Å². The lowest BCUT2D eigenvalue weighted by atomic mass is 9.95. The van der Waals surface area contributed by atoms with Crippen molar-refractivity contribution in [1.29, 1.82) is 0 Å². The Morgan fingerprint density at radius 2 is 1.58 bits per heavy atom. The smallest absolute Gasteiger partial charge is 0.276 e. The van der Waals surface area contributed by atoms with E-state index in [2.05, 4.69) is 15.7 Å². The van der Waals surface area contributed by atoms with Crippen LogP contribution in [0.25, 0.3) is 5.69 Å². The molecule has 1 aliphatic rings. The summed E-state index contributed by atoms with van der Waals surface area (Å²) >= 11 is 0. The van der Waals surface area contributed by atoms with Gasteiger partial charge in [0, 0.05) is 11.3 Å². The summed E-state index contributed by atoms with van der Waals surface area (Å²) in [7, 11) is 0. The van der Waals surface area contributed by atoms with Crippen LogP contribution < -0.4 is 10.6 Å². The fourth-order valence-corrected chi connectivity index (χ4v) is 4.65. The van der Waals surface area contributed by atoms with Gasteiger partial charge in [0.05, 0.1) is 23.0 Å². The molecule has 2 N–H and O–H groups in total. The highest BCUT2D eigenvalue weighted by atomic mass is 19.1. The first kappa shape index (κ1) is 23.5. The van der Waals surface area contributed by atoms with Gasteiger partial charge in [0.1, 0.15) is 5.82 Å². The second kappa shape index (κ2) is 10.2. The number of halogens is 1. The molecule has 3 aromatic carbocycles. The van der Waals surface area contributed by atoms with Gasteiger partial charge < -0.3 is 10.6 Å². The molecule has 1 atom stereocenters. The van der Waals surface area contributed by atoms with Crippen LogP contribution in [0.2, 0.25) is 0 Å². The van der Waals surface area contributed by atoms with Crippen molar-refractivity contribution in [2.24, 2.45) is 0 Å². The van der Waals surface area contributed by atoms with Crippen molar-refractivity contribution in [2.75, 3.05) is 5.32 Å². The Morgan fingerprint density at radius 3 is 2.36 bits per heavy atom. The number of hydrogen-bond acceptors (Lipinski definition) is 3. The second-order valence-corrected chi connectivity index (χ2v) is 8.97. The van der Waals surface area contributed by atoms with Crippen molar-refractivity contribution in [2.45, 2.75) is 38.6 Å². The molecule has 0 saturated carbocycles. The molecule has 5 rings (SSSR count). The molecule has 7 heteroatoms. The number of hydrogen-bond donors (Lipinski definition) is 2. The lowest BCUT2D eigenvalue weighted by molar-refractivity contribution is 0.0940. The van der Waals surface area contributed by atoms with E-state index in [1.54, 1.807) is 41.1 Å². The largest absolute Gasteiger partial charge is 0.345 e. The van der Waals surface area contributed by atoms with E-state index in [9.17, 15) is 14.0 Å². The molecule has 0 aliphatic heterocycles. The number of nitrogens with one attached hydrogen (secondary N) is 2. The van der Waals surface area contributed by atoms with Crippen molar-refractivity contribution in [3.8, 4) is 5.69 Å². The van der Waals surface area contributed by atoms with Crippen LogP contribution >= 0.6 is 0 Å². The van der Waals surface area contributed by atoms with Crippen molar-refractivity contribution >= 4 is 17.5 Å². The zero-order chi connectivity index (χ0) is 25.1. The number of carbonyl (C=O) groups excluding carboxylic acids is 2. The monoisotopic (exact) mass is 482 g/mol. The number of para-hydroxylation sites is 1. The maximum atomic E-state index is 13.5. The molecule has 0 radical (unpaired) electrons. The Morgan fingerprint density at radius 1 is 0.889 bits per heavy atom. The Hall–Kier alpha value is -4.26. The molecule has 1 aromatic heterocycles. The van der Waals surface area contributed by atoms with Gasteiger partial charge >= 0.3 is 0 Å². The standard InChI is InChI=1S/C29H27FN4O2/c1-19(20-9-3-2-4-10-20)31-28(35)23-11-5-7-13-25(23)32-29(36)27-24-12-6-8-14-26(24)34(33-27)22-17-15-21(30)16-18-22/h2-5,7,9-11,13,15-19H,6,8,12,14H2,1H3,(H,31,35)(H,32,36). The van der Waals surface area contributed by atoms with Crippen molar-refractivity contribution in [3.05, 3.63) is 113 Å². The van der Waals surface area contributed by atoms with Crippen LogP contribution in [0, 0.1) is 5.82 Å². The maximum Gasteiger partial charge on any atom is 0.276 e. The molecule has 0 saturated heterocycles. The highest BCUT2D eigenvalue weighted by Crippen LogP contribution is 2.28. The number of amides is 2. The van der Waals surface area contributed by atoms with Gasteiger partial charge in [-0.05, 0) is 74.6 Å². The number of rotatable bonds is 6. The fraction of sp³-hybridized carbons (Fsp3) is 0.207. The Labute approximate surface area is 209 Å². The number of anilines is 1. The minimum absolute atomic E-state index is 0.194. The molecular weight excluding hydrogens is 455 g/mol. The molecule has 4 aromatic rings. The molecule has 1 heterocycles. The van der Waals surface area contributed by atoms with Crippen molar-refractivity contribution in [3.63, 3.8) is 0 Å². The van der Waals surface area contributed by atoms with Crippen LogP contribution in [0.3, 0.4) is 0 Å². The van der Waals surface area contributed by atoms with Crippen LogP contribution in [0.4, 0.5) is 10.1 Å². The third-order valence-corrected chi connectivity index (χ3v) is 6.53. The van der Waals surface area contributed by atoms with Gasteiger partial charge in [-0.3, -0.25) is 9.59 Å². The molecule has 1 aliphatic carbocycles. The van der Waals surface area contributed by atoms with E-state index in [0.717, 1.165) is 42.5 Å². The van der Waals surface area contributed by atoms with E-state index in [1.807, 2.05) is 37.3 Å². The predicted octanol–water partition coefficient (Wildman–Crippen LogP) is 5.63. The number of benzene rings is 3. The lowest BCUT2D eigenvalue weighted by Gasteiger charge is -2.16. The zero-order valence-corrected chi connectivity index (χ0v) is 20.0. The summed E-state index contributed by atoms with van der Waals surface area (Å²) in [5, 5.41) is 10.5. The zero-order valence-electron chi connectivity index (χ0n) is 20.0. The van der Waals surface area contributed by atoms with Crippen LogP contribution in [-0.2, 0) is 12.8 Å². The molecule has 1 unspecified atom stereocenters. The van der Waals surface area contributed by atoms with Crippen LogP contribution in [0.15, 0.2) is 78.9 Å². The third kappa shape index (κ3) is 4.77. The first-order chi connectivity index (χ1) is 17.5. The van der Waals surface area contributed by atoms with E-state index in [0.29, 0.717) is 22.6 Å². The fourth-order valence-electron chi connectivity index (χ4n) is 4.65. The molecule has 0 spiro atoms. The van der Waals surface area contributed by atoms with Gasteiger partial charge in [-0.25, -0.2) is 9.07 Å². The molecule has 2 amide bonds.